The molecular weight excluding hydrogens is 455 g/mol. The Morgan fingerprint density at radius 2 is 1.68 bits per heavy atom. The number of anilines is 1. The summed E-state index contributed by atoms with van der Waals surface area (Å²) in [5.41, 5.74) is 2.18. The third-order valence-electron chi connectivity index (χ3n) is 6.24. The van der Waals surface area contributed by atoms with E-state index >= 15 is 0 Å². The van der Waals surface area contributed by atoms with Crippen LogP contribution in [0.15, 0.2) is 77.8 Å². The Kier molecular flexibility index (Phi) is 5.57. The zero-order chi connectivity index (χ0) is 23.9. The van der Waals surface area contributed by atoms with Crippen LogP contribution in [0.2, 0.25) is 5.02 Å². The van der Waals surface area contributed by atoms with Crippen molar-refractivity contribution in [3.8, 4) is 0 Å². The predicted molar refractivity (Wildman–Crippen MR) is 130 cm³/mol. The summed E-state index contributed by atoms with van der Waals surface area (Å²) in [6.07, 6.45) is 0.318. The largest absolute Gasteiger partial charge is 0.329 e. The highest BCUT2D eigenvalue weighted by Gasteiger charge is 2.46. The second kappa shape index (κ2) is 8.57. The SMILES string of the molecule is CN1C(=O)C(NC(=O)NC2(c3ccc(Cl)cc3)CC2)N=C(c2ccccc2F)c2ccccc21. The van der Waals surface area contributed by atoms with Crippen LogP contribution >= 0.6 is 11.6 Å². The molecular formula is C26H22ClFN4O2. The molecule has 3 aromatic rings. The van der Waals surface area contributed by atoms with Gasteiger partial charge >= 0.3 is 6.03 Å². The van der Waals surface area contributed by atoms with Gasteiger partial charge in [0.2, 0.25) is 6.17 Å². The number of likely N-dealkylation sites (N-methyl/N-ethyl adjacent to an activating group) is 1. The lowest BCUT2D eigenvalue weighted by Gasteiger charge is -2.23. The third kappa shape index (κ3) is 4.03. The number of hydrogen-bond acceptors (Lipinski definition) is 3. The average molecular weight is 477 g/mol. The van der Waals surface area contributed by atoms with E-state index in [0.717, 1.165) is 18.4 Å². The second-order valence-electron chi connectivity index (χ2n) is 8.46. The van der Waals surface area contributed by atoms with Gasteiger partial charge in [-0.1, -0.05) is 54.1 Å². The molecule has 3 aromatic carbocycles. The Balaban J connectivity index is 1.47. The zero-order valence-corrected chi connectivity index (χ0v) is 19.1. The topological polar surface area (TPSA) is 73.8 Å². The molecule has 0 saturated heterocycles. The van der Waals surface area contributed by atoms with Crippen LogP contribution in [0.25, 0.3) is 0 Å². The van der Waals surface area contributed by atoms with Crippen LogP contribution in [0, 0.1) is 5.82 Å². The number of nitrogens with zero attached hydrogens (tertiary/aromatic N) is 2. The number of hydrogen-bond donors (Lipinski definition) is 2. The van der Waals surface area contributed by atoms with Gasteiger partial charge in [-0.15, -0.1) is 0 Å². The van der Waals surface area contributed by atoms with Crippen molar-refractivity contribution in [3.63, 3.8) is 0 Å². The number of para-hydroxylation sites is 1. The van der Waals surface area contributed by atoms with E-state index < -0.39 is 29.5 Å². The lowest BCUT2D eigenvalue weighted by molar-refractivity contribution is -0.119. The number of benzene rings is 3. The summed E-state index contributed by atoms with van der Waals surface area (Å²) < 4.78 is 14.7. The first kappa shape index (κ1) is 22.1. The lowest BCUT2D eigenvalue weighted by Crippen LogP contribution is -2.51. The van der Waals surface area contributed by atoms with Crippen molar-refractivity contribution < 1.29 is 14.0 Å². The van der Waals surface area contributed by atoms with Gasteiger partial charge in [0.1, 0.15) is 5.82 Å². The summed E-state index contributed by atoms with van der Waals surface area (Å²) in [7, 11) is 1.61. The minimum Gasteiger partial charge on any atom is -0.329 e. The van der Waals surface area contributed by atoms with E-state index in [0.29, 0.717) is 22.0 Å². The average Bonchev–Trinajstić information content (AvgIpc) is 3.62. The summed E-state index contributed by atoms with van der Waals surface area (Å²) in [6, 6.07) is 20.2. The van der Waals surface area contributed by atoms with E-state index in [1.807, 2.05) is 12.1 Å². The molecule has 8 heteroatoms. The molecule has 0 bridgehead atoms. The molecule has 1 atom stereocenters. The lowest BCUT2D eigenvalue weighted by atomic mass is 10.00. The van der Waals surface area contributed by atoms with Crippen molar-refractivity contribution in [2.45, 2.75) is 24.5 Å². The monoisotopic (exact) mass is 476 g/mol. The summed E-state index contributed by atoms with van der Waals surface area (Å²) >= 11 is 5.99. The predicted octanol–water partition coefficient (Wildman–Crippen LogP) is 4.61. The molecule has 6 nitrogen and oxygen atoms in total. The number of nitrogens with one attached hydrogen (secondary N) is 2. The van der Waals surface area contributed by atoms with E-state index in [1.54, 1.807) is 61.6 Å². The van der Waals surface area contributed by atoms with E-state index in [9.17, 15) is 14.0 Å². The van der Waals surface area contributed by atoms with Crippen molar-refractivity contribution in [1.29, 1.82) is 0 Å². The van der Waals surface area contributed by atoms with Crippen molar-refractivity contribution in [3.05, 3.63) is 100 Å². The molecule has 2 aliphatic rings. The number of urea groups is 1. The summed E-state index contributed by atoms with van der Waals surface area (Å²) in [6.45, 7) is 0. The van der Waals surface area contributed by atoms with Crippen LogP contribution in [-0.2, 0) is 10.3 Å². The van der Waals surface area contributed by atoms with Gasteiger partial charge in [-0.25, -0.2) is 14.2 Å². The van der Waals surface area contributed by atoms with Gasteiger partial charge in [0.05, 0.1) is 16.9 Å². The molecule has 34 heavy (non-hydrogen) atoms. The van der Waals surface area contributed by atoms with Crippen LogP contribution in [-0.4, -0.2) is 30.9 Å². The van der Waals surface area contributed by atoms with Crippen LogP contribution in [0.3, 0.4) is 0 Å². The molecule has 3 amide bonds. The Morgan fingerprint density at radius 3 is 2.35 bits per heavy atom. The van der Waals surface area contributed by atoms with E-state index in [2.05, 4.69) is 15.6 Å². The summed E-state index contributed by atoms with van der Waals surface area (Å²) in [5, 5.41) is 6.30. The van der Waals surface area contributed by atoms with Gasteiger partial charge in [-0.2, -0.15) is 0 Å². The quantitative estimate of drug-likeness (QED) is 0.577. The third-order valence-corrected chi connectivity index (χ3v) is 6.49. The fraction of sp³-hybridized carbons (Fsp3) is 0.192. The van der Waals surface area contributed by atoms with Gasteiger partial charge in [0.25, 0.3) is 5.91 Å². The van der Waals surface area contributed by atoms with Gasteiger partial charge in [-0.05, 0) is 48.7 Å². The molecule has 1 fully saturated rings. The minimum atomic E-state index is -1.23. The van der Waals surface area contributed by atoms with Gasteiger partial charge < -0.3 is 15.5 Å². The molecule has 1 unspecified atom stereocenters. The molecule has 172 valence electrons. The summed E-state index contributed by atoms with van der Waals surface area (Å²) in [5.74, 6) is -0.888. The number of carbonyl (C=O) groups excluding carboxylic acids is 2. The van der Waals surface area contributed by atoms with Gasteiger partial charge in [0.15, 0.2) is 0 Å². The van der Waals surface area contributed by atoms with Crippen LogP contribution in [0.1, 0.15) is 29.5 Å². The first-order valence-corrected chi connectivity index (χ1v) is 11.3. The number of aliphatic imine (C=N–C) groups is 1. The molecule has 1 aliphatic carbocycles. The highest BCUT2D eigenvalue weighted by atomic mass is 35.5. The van der Waals surface area contributed by atoms with E-state index in [4.69, 9.17) is 11.6 Å². The molecule has 5 rings (SSSR count). The van der Waals surface area contributed by atoms with Crippen LogP contribution in [0.4, 0.5) is 14.9 Å². The molecule has 1 heterocycles. The minimum absolute atomic E-state index is 0.255. The molecule has 2 N–H and O–H groups in total. The maximum atomic E-state index is 14.7. The number of rotatable bonds is 4. The van der Waals surface area contributed by atoms with Crippen molar-refractivity contribution in [1.82, 2.24) is 10.6 Å². The Bertz CT molecular complexity index is 1300. The second-order valence-corrected chi connectivity index (χ2v) is 8.90. The Hall–Kier alpha value is -3.71. The molecule has 1 saturated carbocycles. The Labute approximate surface area is 201 Å². The first-order chi connectivity index (χ1) is 16.4. The van der Waals surface area contributed by atoms with E-state index in [1.165, 1.54) is 11.0 Å². The fourth-order valence-electron chi connectivity index (χ4n) is 4.24. The summed E-state index contributed by atoms with van der Waals surface area (Å²) in [4.78, 5) is 32.2. The highest BCUT2D eigenvalue weighted by molar-refractivity contribution is 6.30. The number of benzodiazepines with no additional fused rings is 1. The number of halogens is 2. The molecule has 1 aliphatic heterocycles. The standard InChI is InChI=1S/C26H22ClFN4O2/c1-32-21-9-5-3-7-19(21)22(18-6-2-4-8-20(18)28)29-23(24(32)33)30-25(34)31-26(14-15-26)16-10-12-17(27)13-11-16/h2-13,23H,14-15H2,1H3,(H2,30,31,34). The maximum Gasteiger partial charge on any atom is 0.317 e. The van der Waals surface area contributed by atoms with Gasteiger partial charge in [0, 0.05) is 23.2 Å². The number of carbonyl (C=O) groups is 2. The fourth-order valence-corrected chi connectivity index (χ4v) is 4.37. The zero-order valence-electron chi connectivity index (χ0n) is 18.4. The normalized spacial score (nSPS) is 18.4. The van der Waals surface area contributed by atoms with Crippen molar-refractivity contribution in [2.24, 2.45) is 4.99 Å². The van der Waals surface area contributed by atoms with Crippen LogP contribution in [0.5, 0.6) is 0 Å². The molecule has 0 radical (unpaired) electrons. The maximum absolute atomic E-state index is 14.7. The number of fused-ring (bicyclic) bond motifs is 1. The smallest absolute Gasteiger partial charge is 0.317 e. The van der Waals surface area contributed by atoms with Crippen molar-refractivity contribution in [2.75, 3.05) is 11.9 Å². The Morgan fingerprint density at radius 1 is 1.03 bits per heavy atom. The highest BCUT2D eigenvalue weighted by Crippen LogP contribution is 2.45. The first-order valence-electron chi connectivity index (χ1n) is 10.9. The van der Waals surface area contributed by atoms with E-state index in [-0.39, 0.29) is 5.56 Å². The molecule has 0 spiro atoms. The number of amides is 3. The van der Waals surface area contributed by atoms with Crippen molar-refractivity contribution >= 4 is 34.9 Å². The molecule has 0 aromatic heterocycles. The van der Waals surface area contributed by atoms with Crippen LogP contribution < -0.4 is 15.5 Å². The van der Waals surface area contributed by atoms with Gasteiger partial charge in [-0.3, -0.25) is 4.79 Å².